The van der Waals surface area contributed by atoms with E-state index in [4.69, 9.17) is 10.5 Å². The second kappa shape index (κ2) is 7.76. The first-order chi connectivity index (χ1) is 12.9. The Balaban J connectivity index is 1.63. The van der Waals surface area contributed by atoms with Gasteiger partial charge in [-0.15, -0.1) is 0 Å². The van der Waals surface area contributed by atoms with Crippen molar-refractivity contribution in [3.05, 3.63) is 41.3 Å². The van der Waals surface area contributed by atoms with Crippen molar-refractivity contribution >= 4 is 11.7 Å². The monoisotopic (exact) mass is 371 g/mol. The molecule has 0 saturated carbocycles. The number of carbonyl (C=O) groups is 1. The van der Waals surface area contributed by atoms with Crippen LogP contribution in [-0.4, -0.2) is 34.4 Å². The summed E-state index contributed by atoms with van der Waals surface area (Å²) in [5.41, 5.74) is 6.73. The first-order valence-corrected chi connectivity index (χ1v) is 8.90. The van der Waals surface area contributed by atoms with Gasteiger partial charge in [0, 0.05) is 13.2 Å². The fourth-order valence-electron chi connectivity index (χ4n) is 3.16. The van der Waals surface area contributed by atoms with Crippen LogP contribution >= 0.6 is 0 Å². The van der Waals surface area contributed by atoms with Crippen molar-refractivity contribution in [2.45, 2.75) is 38.2 Å². The molecule has 0 aliphatic carbocycles. The van der Waals surface area contributed by atoms with Crippen molar-refractivity contribution in [1.29, 1.82) is 5.26 Å². The molecular formula is C19H22FN5O2. The highest BCUT2D eigenvalue weighted by Gasteiger charge is 2.37. The van der Waals surface area contributed by atoms with Crippen LogP contribution in [0.15, 0.2) is 24.3 Å². The summed E-state index contributed by atoms with van der Waals surface area (Å²) in [4.78, 5) is 12.2. The predicted molar refractivity (Wildman–Crippen MR) is 97.6 cm³/mol. The van der Waals surface area contributed by atoms with Crippen molar-refractivity contribution < 1.29 is 13.9 Å². The Morgan fingerprint density at radius 2 is 2.22 bits per heavy atom. The summed E-state index contributed by atoms with van der Waals surface area (Å²) >= 11 is 0. The van der Waals surface area contributed by atoms with Crippen LogP contribution in [0, 0.1) is 17.1 Å². The molecular weight excluding hydrogens is 349 g/mol. The van der Waals surface area contributed by atoms with Crippen LogP contribution in [-0.2, 0) is 16.0 Å². The molecule has 0 bridgehead atoms. The van der Waals surface area contributed by atoms with Crippen LogP contribution in [0.1, 0.15) is 37.4 Å². The minimum atomic E-state index is -0.744. The maximum Gasteiger partial charge on any atom is 0.251 e. The van der Waals surface area contributed by atoms with Crippen LogP contribution < -0.4 is 11.1 Å². The van der Waals surface area contributed by atoms with Gasteiger partial charge in [0.1, 0.15) is 28.9 Å². The Morgan fingerprint density at radius 1 is 1.48 bits per heavy atom. The first-order valence-electron chi connectivity index (χ1n) is 8.90. The molecule has 3 rings (SSSR count). The highest BCUT2D eigenvalue weighted by Crippen LogP contribution is 2.25. The zero-order valence-electron chi connectivity index (χ0n) is 15.2. The van der Waals surface area contributed by atoms with E-state index in [2.05, 4.69) is 16.5 Å². The maximum absolute atomic E-state index is 13.1. The van der Waals surface area contributed by atoms with Crippen molar-refractivity contribution in [2.75, 3.05) is 18.9 Å². The summed E-state index contributed by atoms with van der Waals surface area (Å²) in [6, 6.07) is 7.79. The number of nitrogens with two attached hydrogens (primary N) is 1. The number of nitrogens with one attached hydrogen (secondary N) is 1. The number of aromatic nitrogens is 2. The highest BCUT2D eigenvalue weighted by molar-refractivity contribution is 5.84. The van der Waals surface area contributed by atoms with Gasteiger partial charge in [0.25, 0.3) is 5.91 Å². The minimum absolute atomic E-state index is 0.114. The zero-order chi connectivity index (χ0) is 19.4. The van der Waals surface area contributed by atoms with E-state index in [9.17, 15) is 14.4 Å². The van der Waals surface area contributed by atoms with Crippen molar-refractivity contribution in [3.8, 4) is 11.8 Å². The van der Waals surface area contributed by atoms with Crippen LogP contribution in [0.25, 0.3) is 5.69 Å². The molecule has 2 heterocycles. The number of rotatable bonds is 6. The van der Waals surface area contributed by atoms with Gasteiger partial charge in [0.05, 0.1) is 11.4 Å². The lowest BCUT2D eigenvalue weighted by molar-refractivity contribution is -0.139. The Labute approximate surface area is 156 Å². The van der Waals surface area contributed by atoms with Gasteiger partial charge >= 0.3 is 0 Å². The Bertz CT molecular complexity index is 863. The smallest absolute Gasteiger partial charge is 0.251 e. The SMILES string of the molecule is C[C@@]1(C(=O)NCCCc2nn(-c3ccc(F)cc3)c(N)c2C#N)CCCO1. The summed E-state index contributed by atoms with van der Waals surface area (Å²) in [5, 5.41) is 16.7. The number of hydrogen-bond donors (Lipinski definition) is 2. The molecule has 1 aromatic carbocycles. The van der Waals surface area contributed by atoms with Crippen molar-refractivity contribution in [2.24, 2.45) is 0 Å². The lowest BCUT2D eigenvalue weighted by atomic mass is 10.0. The van der Waals surface area contributed by atoms with E-state index in [-0.39, 0.29) is 17.5 Å². The summed E-state index contributed by atoms with van der Waals surface area (Å²) in [5.74, 6) is -0.257. The normalized spacial score (nSPS) is 19.0. The average molecular weight is 371 g/mol. The molecule has 7 nitrogen and oxygen atoms in total. The molecule has 0 radical (unpaired) electrons. The molecule has 0 spiro atoms. The molecule has 1 atom stereocenters. The Hall–Kier alpha value is -2.92. The molecule has 3 N–H and O–H groups in total. The number of carbonyl (C=O) groups excluding carboxylic acids is 1. The average Bonchev–Trinajstić information content (AvgIpc) is 3.23. The van der Waals surface area contributed by atoms with E-state index in [1.54, 1.807) is 19.1 Å². The second-order valence-electron chi connectivity index (χ2n) is 6.75. The van der Waals surface area contributed by atoms with E-state index in [0.29, 0.717) is 42.9 Å². The number of nitrogen functional groups attached to an aromatic ring is 1. The fourth-order valence-corrected chi connectivity index (χ4v) is 3.16. The fraction of sp³-hybridized carbons (Fsp3) is 0.421. The summed E-state index contributed by atoms with van der Waals surface area (Å²) < 4.78 is 20.1. The quantitative estimate of drug-likeness (QED) is 0.756. The molecule has 8 heteroatoms. The molecule has 2 aromatic rings. The van der Waals surface area contributed by atoms with Gasteiger partial charge in [-0.05, 0) is 56.9 Å². The van der Waals surface area contributed by atoms with Gasteiger partial charge in [0.2, 0.25) is 0 Å². The second-order valence-corrected chi connectivity index (χ2v) is 6.75. The van der Waals surface area contributed by atoms with Crippen LogP contribution in [0.2, 0.25) is 0 Å². The number of ether oxygens (including phenoxy) is 1. The third kappa shape index (κ3) is 3.93. The topological polar surface area (TPSA) is 106 Å². The van der Waals surface area contributed by atoms with E-state index in [0.717, 1.165) is 12.8 Å². The third-order valence-electron chi connectivity index (χ3n) is 4.75. The van der Waals surface area contributed by atoms with Crippen molar-refractivity contribution in [3.63, 3.8) is 0 Å². The Kier molecular flexibility index (Phi) is 5.42. The molecule has 1 aliphatic heterocycles. The molecule has 142 valence electrons. The maximum atomic E-state index is 13.1. The number of benzene rings is 1. The Morgan fingerprint density at radius 3 is 2.85 bits per heavy atom. The van der Waals surface area contributed by atoms with Gasteiger partial charge in [-0.1, -0.05) is 0 Å². The molecule has 1 aromatic heterocycles. The molecule has 1 fully saturated rings. The van der Waals surface area contributed by atoms with Crippen LogP contribution in [0.5, 0.6) is 0 Å². The zero-order valence-corrected chi connectivity index (χ0v) is 15.2. The summed E-state index contributed by atoms with van der Waals surface area (Å²) in [6.07, 6.45) is 2.70. The lowest BCUT2D eigenvalue weighted by Crippen LogP contribution is -2.44. The number of nitrogens with zero attached hydrogens (tertiary/aromatic N) is 3. The predicted octanol–water partition coefficient (Wildman–Crippen LogP) is 2.08. The van der Waals surface area contributed by atoms with Crippen molar-refractivity contribution in [1.82, 2.24) is 15.1 Å². The van der Waals surface area contributed by atoms with Gasteiger partial charge in [0.15, 0.2) is 0 Å². The lowest BCUT2D eigenvalue weighted by Gasteiger charge is -2.21. The van der Waals surface area contributed by atoms with Crippen LogP contribution in [0.3, 0.4) is 0 Å². The van der Waals surface area contributed by atoms with E-state index in [1.807, 2.05) is 0 Å². The van der Waals surface area contributed by atoms with E-state index in [1.165, 1.54) is 16.8 Å². The van der Waals surface area contributed by atoms with Gasteiger partial charge in [-0.25, -0.2) is 9.07 Å². The van der Waals surface area contributed by atoms with Crippen LogP contribution in [0.4, 0.5) is 10.2 Å². The minimum Gasteiger partial charge on any atom is -0.382 e. The number of halogens is 1. The van der Waals surface area contributed by atoms with Gasteiger partial charge < -0.3 is 15.8 Å². The largest absolute Gasteiger partial charge is 0.382 e. The number of hydrogen-bond acceptors (Lipinski definition) is 5. The summed E-state index contributed by atoms with van der Waals surface area (Å²) in [6.45, 7) is 2.86. The number of aryl methyl sites for hydroxylation is 1. The standard InChI is InChI=1S/C19H22FN5O2/c1-19(9-3-11-27-19)18(26)23-10-2-4-16-15(12-21)17(22)25(24-16)14-7-5-13(20)6-8-14/h5-8H,2-4,9-11,22H2,1H3,(H,23,26)/t19-/m0/s1. The van der Waals surface area contributed by atoms with E-state index < -0.39 is 5.60 Å². The molecule has 1 saturated heterocycles. The number of nitriles is 1. The first kappa shape index (κ1) is 18.9. The molecule has 0 unspecified atom stereocenters. The third-order valence-corrected chi connectivity index (χ3v) is 4.75. The van der Waals surface area contributed by atoms with Gasteiger partial charge in [-0.3, -0.25) is 4.79 Å². The molecule has 1 aliphatic rings. The highest BCUT2D eigenvalue weighted by atomic mass is 19.1. The van der Waals surface area contributed by atoms with E-state index >= 15 is 0 Å². The number of amides is 1. The molecule has 1 amide bonds. The molecule has 27 heavy (non-hydrogen) atoms. The number of anilines is 1. The summed E-state index contributed by atoms with van der Waals surface area (Å²) in [7, 11) is 0. The van der Waals surface area contributed by atoms with Gasteiger partial charge in [-0.2, -0.15) is 10.4 Å².